The minimum Gasteiger partial charge on any atom is -0.438 e. The van der Waals surface area contributed by atoms with Crippen LogP contribution in [0.1, 0.15) is 37.4 Å². The fourth-order valence-electron chi connectivity index (χ4n) is 4.41. The molecule has 0 saturated heterocycles. The van der Waals surface area contributed by atoms with Crippen LogP contribution in [0.3, 0.4) is 0 Å². The number of amides is 2. The Labute approximate surface area is 244 Å². The van der Waals surface area contributed by atoms with Crippen LogP contribution in [0.4, 0.5) is 9.18 Å². The first kappa shape index (κ1) is 32.3. The molecule has 1 aromatic carbocycles. The molecular formula is C31H39FN4O6. The second-order valence-electron chi connectivity index (χ2n) is 10.2. The van der Waals surface area contributed by atoms with E-state index >= 15 is 0 Å². The lowest BCUT2D eigenvalue weighted by Gasteiger charge is -2.24. The summed E-state index contributed by atoms with van der Waals surface area (Å²) in [5, 5.41) is 0.693. The van der Waals surface area contributed by atoms with Gasteiger partial charge < -0.3 is 28.8 Å². The van der Waals surface area contributed by atoms with Gasteiger partial charge in [0, 0.05) is 69.1 Å². The highest BCUT2D eigenvalue weighted by molar-refractivity contribution is 5.88. The summed E-state index contributed by atoms with van der Waals surface area (Å²) in [5.41, 5.74) is 1.36. The number of ether oxygens (including phenoxy) is 2. The van der Waals surface area contributed by atoms with Gasteiger partial charge in [0.1, 0.15) is 5.82 Å². The molecule has 42 heavy (non-hydrogen) atoms. The molecule has 226 valence electrons. The number of benzene rings is 1. The van der Waals surface area contributed by atoms with Gasteiger partial charge in [-0.05, 0) is 55.7 Å². The van der Waals surface area contributed by atoms with Gasteiger partial charge in [0.2, 0.25) is 5.91 Å². The van der Waals surface area contributed by atoms with Crippen molar-refractivity contribution in [3.05, 3.63) is 82.2 Å². The number of hydrogen-bond acceptors (Lipinski definition) is 6. The van der Waals surface area contributed by atoms with Crippen LogP contribution in [0, 0.1) is 5.82 Å². The highest BCUT2D eigenvalue weighted by Crippen LogP contribution is 2.17. The highest BCUT2D eigenvalue weighted by Gasteiger charge is 2.26. The van der Waals surface area contributed by atoms with E-state index in [1.165, 1.54) is 39.7 Å². The van der Waals surface area contributed by atoms with Crippen molar-refractivity contribution in [1.82, 2.24) is 19.4 Å². The fraction of sp³-hybridized carbons (Fsp3) is 0.419. The molecule has 1 atom stereocenters. The van der Waals surface area contributed by atoms with Crippen LogP contribution in [0.5, 0.6) is 0 Å². The van der Waals surface area contributed by atoms with E-state index in [1.54, 1.807) is 50.6 Å². The summed E-state index contributed by atoms with van der Waals surface area (Å²) < 4.78 is 25.8. The lowest BCUT2D eigenvalue weighted by molar-refractivity contribution is -0.127. The summed E-state index contributed by atoms with van der Waals surface area (Å²) in [5.74, 6) is -0.972. The number of allylic oxidation sites excluding steroid dienone is 1. The van der Waals surface area contributed by atoms with Crippen LogP contribution < -0.4 is 5.56 Å². The molecule has 0 saturated carbocycles. The topological polar surface area (TPSA) is 114 Å². The number of aromatic amines is 1. The van der Waals surface area contributed by atoms with Crippen molar-refractivity contribution in [2.45, 2.75) is 45.3 Å². The van der Waals surface area contributed by atoms with Crippen LogP contribution >= 0.6 is 0 Å². The minimum absolute atomic E-state index is 0.151. The molecule has 0 bridgehead atoms. The number of ketones is 1. The summed E-state index contributed by atoms with van der Waals surface area (Å²) in [6.45, 7) is 3.19. The number of methoxy groups -OCH3 is 1. The second-order valence-corrected chi connectivity index (χ2v) is 10.2. The van der Waals surface area contributed by atoms with Crippen molar-refractivity contribution in [3.8, 4) is 0 Å². The van der Waals surface area contributed by atoms with Crippen LogP contribution in [0.2, 0.25) is 0 Å². The number of halogens is 1. The number of likely N-dealkylation sites (N-methyl/N-ethyl adjacent to an activating group) is 1. The van der Waals surface area contributed by atoms with Gasteiger partial charge in [-0.1, -0.05) is 19.1 Å². The van der Waals surface area contributed by atoms with Crippen molar-refractivity contribution >= 4 is 28.7 Å². The zero-order valence-corrected chi connectivity index (χ0v) is 24.6. The van der Waals surface area contributed by atoms with E-state index in [4.69, 9.17) is 9.47 Å². The minimum atomic E-state index is -1.12. The van der Waals surface area contributed by atoms with Crippen molar-refractivity contribution in [2.24, 2.45) is 0 Å². The van der Waals surface area contributed by atoms with E-state index in [1.807, 2.05) is 6.92 Å². The van der Waals surface area contributed by atoms with Gasteiger partial charge in [0.25, 0.3) is 5.56 Å². The maximum atomic E-state index is 13.6. The number of carbonyl (C=O) groups is 3. The van der Waals surface area contributed by atoms with Gasteiger partial charge >= 0.3 is 6.09 Å². The van der Waals surface area contributed by atoms with E-state index in [9.17, 15) is 23.6 Å². The summed E-state index contributed by atoms with van der Waals surface area (Å²) in [7, 11) is 4.80. The Morgan fingerprint density at radius 1 is 1.14 bits per heavy atom. The number of pyridine rings is 1. The van der Waals surface area contributed by atoms with Gasteiger partial charge in [0.05, 0.1) is 13.2 Å². The number of carbonyl (C=O) groups excluding carboxylic acids is 3. The maximum absolute atomic E-state index is 13.6. The zero-order chi connectivity index (χ0) is 30.6. The van der Waals surface area contributed by atoms with E-state index < -0.39 is 18.0 Å². The predicted molar refractivity (Wildman–Crippen MR) is 158 cm³/mol. The molecule has 0 fully saturated rings. The van der Waals surface area contributed by atoms with Gasteiger partial charge in [0.15, 0.2) is 11.9 Å². The summed E-state index contributed by atoms with van der Waals surface area (Å²) >= 11 is 0. The highest BCUT2D eigenvalue weighted by atomic mass is 19.1. The van der Waals surface area contributed by atoms with Gasteiger partial charge in [-0.25, -0.2) is 9.18 Å². The van der Waals surface area contributed by atoms with E-state index in [0.29, 0.717) is 43.6 Å². The first-order chi connectivity index (χ1) is 20.1. The number of rotatable bonds is 15. The molecule has 11 heteroatoms. The van der Waals surface area contributed by atoms with Crippen LogP contribution in [0.15, 0.2) is 59.5 Å². The van der Waals surface area contributed by atoms with Crippen LogP contribution in [-0.4, -0.2) is 84.1 Å². The van der Waals surface area contributed by atoms with Crippen molar-refractivity contribution in [1.29, 1.82) is 0 Å². The summed E-state index contributed by atoms with van der Waals surface area (Å²) in [4.78, 5) is 57.7. The van der Waals surface area contributed by atoms with Gasteiger partial charge in [-0.3, -0.25) is 14.4 Å². The van der Waals surface area contributed by atoms with Crippen LogP contribution in [0.25, 0.3) is 10.9 Å². The molecule has 3 aromatic rings. The Morgan fingerprint density at radius 3 is 2.64 bits per heavy atom. The molecule has 0 spiro atoms. The Kier molecular flexibility index (Phi) is 12.0. The van der Waals surface area contributed by atoms with Gasteiger partial charge in [-0.2, -0.15) is 0 Å². The van der Waals surface area contributed by atoms with E-state index in [2.05, 4.69) is 4.98 Å². The number of hydrogen-bond donors (Lipinski definition) is 1. The first-order valence-corrected chi connectivity index (χ1v) is 13.9. The Morgan fingerprint density at radius 2 is 1.93 bits per heavy atom. The molecular weight excluding hydrogens is 543 g/mol. The SMILES string of the molecule is CCCN(CCOC)C(=O)O[C@@H](CC/C=C/C(=O)N(C)C)C(=O)Cc1cccn(Cc2cc3cc(F)ccc3[nH]2)c1=O. The number of Topliss-reactive ketones (excluding diaryl/α,β-unsaturated/α-hetero) is 1. The molecule has 0 aliphatic rings. The van der Waals surface area contributed by atoms with Crippen molar-refractivity contribution in [3.63, 3.8) is 0 Å². The number of nitrogens with zero attached hydrogens (tertiary/aromatic N) is 3. The number of aromatic nitrogens is 2. The molecule has 0 aliphatic carbocycles. The smallest absolute Gasteiger partial charge is 0.410 e. The maximum Gasteiger partial charge on any atom is 0.410 e. The Balaban J connectivity index is 1.77. The molecule has 2 amide bonds. The number of fused-ring (bicyclic) bond motifs is 1. The molecule has 3 rings (SSSR count). The van der Waals surface area contributed by atoms with E-state index in [0.717, 1.165) is 5.52 Å². The van der Waals surface area contributed by atoms with Crippen molar-refractivity contribution in [2.75, 3.05) is 40.9 Å². The largest absolute Gasteiger partial charge is 0.438 e. The average Bonchev–Trinajstić information content (AvgIpc) is 3.35. The fourth-order valence-corrected chi connectivity index (χ4v) is 4.41. The predicted octanol–water partition coefficient (Wildman–Crippen LogP) is 3.92. The molecule has 0 radical (unpaired) electrons. The summed E-state index contributed by atoms with van der Waals surface area (Å²) in [6.07, 6.45) is 3.82. The second kappa shape index (κ2) is 15.7. The third kappa shape index (κ3) is 9.13. The summed E-state index contributed by atoms with van der Waals surface area (Å²) in [6, 6.07) is 9.44. The molecule has 0 aliphatic heterocycles. The van der Waals surface area contributed by atoms with Crippen LogP contribution in [-0.2, 0) is 32.0 Å². The molecule has 1 N–H and O–H groups in total. The lowest BCUT2D eigenvalue weighted by atomic mass is 10.0. The molecule has 2 aromatic heterocycles. The third-order valence-corrected chi connectivity index (χ3v) is 6.66. The average molecular weight is 583 g/mol. The monoisotopic (exact) mass is 582 g/mol. The zero-order valence-electron chi connectivity index (χ0n) is 24.6. The first-order valence-electron chi connectivity index (χ1n) is 13.9. The molecule has 0 unspecified atom stereocenters. The Bertz CT molecular complexity index is 1460. The Hall–Kier alpha value is -4.25. The van der Waals surface area contributed by atoms with Crippen molar-refractivity contribution < 1.29 is 28.2 Å². The number of H-pyrrole nitrogens is 1. The number of nitrogens with one attached hydrogen (secondary N) is 1. The molecule has 10 nitrogen and oxygen atoms in total. The third-order valence-electron chi connectivity index (χ3n) is 6.66. The normalized spacial score (nSPS) is 12.0. The quantitative estimate of drug-likeness (QED) is 0.272. The lowest BCUT2D eigenvalue weighted by Crippen LogP contribution is -2.40. The molecule has 2 heterocycles. The van der Waals surface area contributed by atoms with Gasteiger partial charge in [-0.15, -0.1) is 0 Å². The van der Waals surface area contributed by atoms with E-state index in [-0.39, 0.29) is 42.2 Å². The standard InChI is InChI=1S/C31H39FN4O6/c1-5-14-35(16-17-41-4)31(40)42-28(10-6-7-11-29(38)34(2)3)27(37)20-22-9-8-15-36(30(22)39)21-25-19-23-18-24(32)12-13-26(23)33-25/h7-9,11-13,15,18-19,28,33H,5-6,10,14,16-17,20-21H2,1-4H3/b11-7+/t28-/m0/s1.